The molecule has 4 rings (SSSR count). The maximum Gasteiger partial charge on any atom is 0.254 e. The van der Waals surface area contributed by atoms with Gasteiger partial charge in [-0.15, -0.1) is 0 Å². The third kappa shape index (κ3) is 4.41. The van der Waals surface area contributed by atoms with Crippen molar-refractivity contribution < 1.29 is 9.53 Å². The van der Waals surface area contributed by atoms with E-state index in [9.17, 15) is 4.79 Å². The zero-order valence-electron chi connectivity index (χ0n) is 16.8. The van der Waals surface area contributed by atoms with E-state index in [1.165, 1.54) is 6.20 Å². The highest BCUT2D eigenvalue weighted by molar-refractivity contribution is 5.98. The molecule has 9 nitrogen and oxygen atoms in total. The SMILES string of the molecule is CCc1ccccc1Nc1nc(Nc2cnn(C3CCOCC3)c2)ncc1C(N)=O. The number of benzene rings is 1. The topological polar surface area (TPSA) is 120 Å². The lowest BCUT2D eigenvalue weighted by Crippen LogP contribution is -2.19. The van der Waals surface area contributed by atoms with Crippen LogP contribution in [-0.2, 0) is 11.2 Å². The molecule has 1 amide bonds. The summed E-state index contributed by atoms with van der Waals surface area (Å²) in [5.74, 6) is 0.117. The van der Waals surface area contributed by atoms with Gasteiger partial charge in [-0.1, -0.05) is 25.1 Å². The molecule has 3 heterocycles. The van der Waals surface area contributed by atoms with Gasteiger partial charge in [0.15, 0.2) is 0 Å². The number of anilines is 4. The van der Waals surface area contributed by atoms with Crippen molar-refractivity contribution in [2.24, 2.45) is 5.73 Å². The fourth-order valence-electron chi connectivity index (χ4n) is 3.48. The molecule has 0 bridgehead atoms. The standard InChI is InChI=1S/C21H25N7O2/c1-2-14-5-3-4-6-18(14)26-20-17(19(22)29)12-23-21(27-20)25-15-11-24-28(13-15)16-7-9-30-10-8-16/h3-6,11-13,16H,2,7-10H2,1H3,(H2,22,29)(H2,23,25,26,27). The van der Waals surface area contributed by atoms with Gasteiger partial charge in [-0.3, -0.25) is 9.48 Å². The average Bonchev–Trinajstić information content (AvgIpc) is 3.23. The summed E-state index contributed by atoms with van der Waals surface area (Å²) in [4.78, 5) is 20.6. The van der Waals surface area contributed by atoms with E-state index in [-0.39, 0.29) is 5.56 Å². The van der Waals surface area contributed by atoms with Crippen molar-refractivity contribution in [3.63, 3.8) is 0 Å². The minimum atomic E-state index is -0.592. The summed E-state index contributed by atoms with van der Waals surface area (Å²) in [6.07, 6.45) is 7.82. The number of carbonyl (C=O) groups is 1. The lowest BCUT2D eigenvalue weighted by Gasteiger charge is -2.22. The molecule has 1 aliphatic heterocycles. The first-order chi connectivity index (χ1) is 14.6. The minimum absolute atomic E-state index is 0.226. The molecule has 9 heteroatoms. The Morgan fingerprint density at radius 1 is 1.23 bits per heavy atom. The maximum absolute atomic E-state index is 11.9. The molecule has 3 aromatic rings. The van der Waals surface area contributed by atoms with E-state index < -0.39 is 5.91 Å². The monoisotopic (exact) mass is 407 g/mol. The number of para-hydroxylation sites is 1. The van der Waals surface area contributed by atoms with Crippen LogP contribution in [0.15, 0.2) is 42.9 Å². The van der Waals surface area contributed by atoms with Crippen molar-refractivity contribution in [3.8, 4) is 0 Å². The zero-order chi connectivity index (χ0) is 20.9. The van der Waals surface area contributed by atoms with Crippen LogP contribution < -0.4 is 16.4 Å². The fraction of sp³-hybridized carbons (Fsp3) is 0.333. The van der Waals surface area contributed by atoms with Gasteiger partial charge in [-0.2, -0.15) is 10.1 Å². The van der Waals surface area contributed by atoms with Gasteiger partial charge in [0, 0.05) is 31.3 Å². The van der Waals surface area contributed by atoms with Crippen LogP contribution in [0.25, 0.3) is 0 Å². The van der Waals surface area contributed by atoms with Crippen LogP contribution in [0.3, 0.4) is 0 Å². The smallest absolute Gasteiger partial charge is 0.254 e. The molecule has 2 aromatic heterocycles. The van der Waals surface area contributed by atoms with E-state index in [1.807, 2.05) is 35.1 Å². The third-order valence-corrected chi connectivity index (χ3v) is 5.13. The van der Waals surface area contributed by atoms with Crippen LogP contribution >= 0.6 is 0 Å². The van der Waals surface area contributed by atoms with Gasteiger partial charge in [0.2, 0.25) is 5.95 Å². The summed E-state index contributed by atoms with van der Waals surface area (Å²) in [6.45, 7) is 3.57. The molecule has 0 unspecified atom stereocenters. The van der Waals surface area contributed by atoms with Crippen LogP contribution in [0.5, 0.6) is 0 Å². The van der Waals surface area contributed by atoms with Crippen LogP contribution in [0, 0.1) is 0 Å². The Hall–Kier alpha value is -3.46. The van der Waals surface area contributed by atoms with E-state index in [0.29, 0.717) is 17.8 Å². The molecule has 0 radical (unpaired) electrons. The third-order valence-electron chi connectivity index (χ3n) is 5.13. The lowest BCUT2D eigenvalue weighted by atomic mass is 10.1. The number of aryl methyl sites for hydroxylation is 1. The quantitative estimate of drug-likeness (QED) is 0.550. The molecule has 0 saturated carbocycles. The van der Waals surface area contributed by atoms with Crippen molar-refractivity contribution in [2.45, 2.75) is 32.2 Å². The second kappa shape index (κ2) is 8.91. The molecule has 156 valence electrons. The second-order valence-corrected chi connectivity index (χ2v) is 7.13. The number of nitrogens with zero attached hydrogens (tertiary/aromatic N) is 4. The zero-order valence-corrected chi connectivity index (χ0v) is 16.8. The Balaban J connectivity index is 1.56. The van der Waals surface area contributed by atoms with Crippen LogP contribution in [0.1, 0.15) is 41.7 Å². The fourth-order valence-corrected chi connectivity index (χ4v) is 3.48. The molecule has 30 heavy (non-hydrogen) atoms. The summed E-state index contributed by atoms with van der Waals surface area (Å²) in [5, 5.41) is 10.8. The van der Waals surface area contributed by atoms with Crippen molar-refractivity contribution in [3.05, 3.63) is 54.0 Å². The first-order valence-electron chi connectivity index (χ1n) is 10.0. The van der Waals surface area contributed by atoms with Gasteiger partial charge in [-0.25, -0.2) is 4.98 Å². The predicted molar refractivity (Wildman–Crippen MR) is 114 cm³/mol. The van der Waals surface area contributed by atoms with E-state index in [4.69, 9.17) is 10.5 Å². The lowest BCUT2D eigenvalue weighted by molar-refractivity contribution is 0.0662. The van der Waals surface area contributed by atoms with Crippen molar-refractivity contribution in [1.82, 2.24) is 19.7 Å². The van der Waals surface area contributed by atoms with E-state index in [2.05, 4.69) is 32.6 Å². The first-order valence-corrected chi connectivity index (χ1v) is 10.0. The number of aromatic nitrogens is 4. The predicted octanol–water partition coefficient (Wildman–Crippen LogP) is 3.17. The van der Waals surface area contributed by atoms with Crippen molar-refractivity contribution in [2.75, 3.05) is 23.8 Å². The molecule has 0 aliphatic carbocycles. The van der Waals surface area contributed by atoms with Gasteiger partial charge in [-0.05, 0) is 30.9 Å². The Morgan fingerprint density at radius 2 is 2.03 bits per heavy atom. The van der Waals surface area contributed by atoms with Gasteiger partial charge in [0.05, 0.1) is 17.9 Å². The molecule has 0 atom stereocenters. The number of rotatable bonds is 7. The van der Waals surface area contributed by atoms with Crippen LogP contribution in [0.2, 0.25) is 0 Å². The summed E-state index contributed by atoms with van der Waals surface area (Å²) in [6, 6.07) is 8.20. The number of hydrogen-bond donors (Lipinski definition) is 3. The largest absolute Gasteiger partial charge is 0.381 e. The molecule has 1 saturated heterocycles. The molecular formula is C21H25N7O2. The molecule has 1 fully saturated rings. The summed E-state index contributed by atoms with van der Waals surface area (Å²) >= 11 is 0. The number of nitrogens with one attached hydrogen (secondary N) is 2. The van der Waals surface area contributed by atoms with Crippen LogP contribution in [-0.4, -0.2) is 38.9 Å². The Labute approximate surface area is 174 Å². The number of primary amides is 1. The number of nitrogens with two attached hydrogens (primary N) is 1. The molecule has 4 N–H and O–H groups in total. The Bertz CT molecular complexity index is 1030. The molecular weight excluding hydrogens is 382 g/mol. The van der Waals surface area contributed by atoms with Crippen molar-refractivity contribution >= 4 is 29.0 Å². The highest BCUT2D eigenvalue weighted by Crippen LogP contribution is 2.25. The number of amides is 1. The highest BCUT2D eigenvalue weighted by atomic mass is 16.5. The highest BCUT2D eigenvalue weighted by Gasteiger charge is 2.17. The average molecular weight is 407 g/mol. The van der Waals surface area contributed by atoms with Gasteiger partial charge in [0.1, 0.15) is 11.4 Å². The summed E-state index contributed by atoms with van der Waals surface area (Å²) in [7, 11) is 0. The Morgan fingerprint density at radius 3 is 2.80 bits per heavy atom. The number of hydrogen-bond acceptors (Lipinski definition) is 7. The normalized spacial score (nSPS) is 14.4. The molecule has 1 aliphatic rings. The van der Waals surface area contributed by atoms with Gasteiger partial charge in [0.25, 0.3) is 5.91 Å². The second-order valence-electron chi connectivity index (χ2n) is 7.13. The van der Waals surface area contributed by atoms with Gasteiger partial charge >= 0.3 is 0 Å². The number of carbonyl (C=O) groups excluding carboxylic acids is 1. The van der Waals surface area contributed by atoms with Gasteiger partial charge < -0.3 is 21.1 Å². The minimum Gasteiger partial charge on any atom is -0.381 e. The summed E-state index contributed by atoms with van der Waals surface area (Å²) < 4.78 is 7.35. The summed E-state index contributed by atoms with van der Waals surface area (Å²) in [5.41, 5.74) is 8.51. The number of ether oxygens (including phenoxy) is 1. The molecule has 1 aromatic carbocycles. The van der Waals surface area contributed by atoms with E-state index in [0.717, 1.165) is 49.4 Å². The van der Waals surface area contributed by atoms with E-state index in [1.54, 1.807) is 6.20 Å². The van der Waals surface area contributed by atoms with Crippen LogP contribution in [0.4, 0.5) is 23.1 Å². The van der Waals surface area contributed by atoms with Crippen molar-refractivity contribution in [1.29, 1.82) is 0 Å². The maximum atomic E-state index is 11.9. The first kappa shape index (κ1) is 19.8. The molecule has 0 spiro atoms. The van der Waals surface area contributed by atoms with E-state index >= 15 is 0 Å². The Kier molecular flexibility index (Phi) is 5.89.